The number of aromatic nitrogens is 2. The molecule has 2 aromatic heterocycles. The molecule has 3 heterocycles. The van der Waals surface area contributed by atoms with Crippen molar-refractivity contribution < 1.29 is 9.53 Å². The average molecular weight is 307 g/mol. The summed E-state index contributed by atoms with van der Waals surface area (Å²) in [4.78, 5) is 18.4. The van der Waals surface area contributed by atoms with E-state index in [4.69, 9.17) is 4.74 Å². The summed E-state index contributed by atoms with van der Waals surface area (Å²) in [5.41, 5.74) is 4.76. The lowest BCUT2D eigenvalue weighted by Gasteiger charge is -2.28. The number of amides is 1. The SMILES string of the molecule is CCN1C(=O)COc2ccc(-c3cn4cc(C)ccc4n3)cc21. The largest absolute Gasteiger partial charge is 0.482 e. The molecule has 0 atom stereocenters. The first-order chi connectivity index (χ1) is 11.2. The molecule has 0 N–H and O–H groups in total. The number of pyridine rings is 1. The number of likely N-dealkylation sites (N-methyl/N-ethyl adjacent to an activating group) is 1. The predicted molar refractivity (Wildman–Crippen MR) is 88.9 cm³/mol. The Balaban J connectivity index is 1.82. The van der Waals surface area contributed by atoms with Gasteiger partial charge in [-0.05, 0) is 43.7 Å². The second kappa shape index (κ2) is 5.12. The van der Waals surface area contributed by atoms with Crippen molar-refractivity contribution in [2.24, 2.45) is 0 Å². The zero-order valence-electron chi connectivity index (χ0n) is 13.1. The van der Waals surface area contributed by atoms with Crippen molar-refractivity contribution in [2.75, 3.05) is 18.1 Å². The molecule has 0 fully saturated rings. The first kappa shape index (κ1) is 13.8. The number of nitrogens with zero attached hydrogens (tertiary/aromatic N) is 3. The van der Waals surface area contributed by atoms with Crippen LogP contribution in [0.3, 0.4) is 0 Å². The van der Waals surface area contributed by atoms with Gasteiger partial charge in [-0.2, -0.15) is 0 Å². The number of anilines is 1. The lowest BCUT2D eigenvalue weighted by atomic mass is 10.1. The van der Waals surface area contributed by atoms with E-state index in [0.29, 0.717) is 6.54 Å². The summed E-state index contributed by atoms with van der Waals surface area (Å²) in [7, 11) is 0. The maximum atomic E-state index is 12.0. The van der Waals surface area contributed by atoms with Crippen LogP contribution in [0.4, 0.5) is 5.69 Å². The van der Waals surface area contributed by atoms with Crippen LogP contribution in [-0.4, -0.2) is 28.4 Å². The van der Waals surface area contributed by atoms with Gasteiger partial charge in [-0.3, -0.25) is 4.79 Å². The molecule has 0 spiro atoms. The van der Waals surface area contributed by atoms with Crippen LogP contribution in [0.15, 0.2) is 42.7 Å². The Morgan fingerprint density at radius 3 is 2.91 bits per heavy atom. The Labute approximate surface area is 134 Å². The van der Waals surface area contributed by atoms with Crippen LogP contribution in [0.1, 0.15) is 12.5 Å². The minimum atomic E-state index is -0.0113. The molecule has 116 valence electrons. The molecule has 1 aliphatic rings. The van der Waals surface area contributed by atoms with Gasteiger partial charge in [-0.15, -0.1) is 0 Å². The molecule has 0 saturated heterocycles. The van der Waals surface area contributed by atoms with Gasteiger partial charge >= 0.3 is 0 Å². The van der Waals surface area contributed by atoms with Gasteiger partial charge in [0.1, 0.15) is 11.4 Å². The van der Waals surface area contributed by atoms with Gasteiger partial charge in [0.15, 0.2) is 6.61 Å². The second-order valence-electron chi connectivity index (χ2n) is 5.71. The molecule has 0 radical (unpaired) electrons. The molecule has 5 nitrogen and oxygen atoms in total. The Morgan fingerprint density at radius 2 is 2.09 bits per heavy atom. The normalized spacial score (nSPS) is 14.0. The summed E-state index contributed by atoms with van der Waals surface area (Å²) < 4.78 is 7.53. The summed E-state index contributed by atoms with van der Waals surface area (Å²) in [6, 6.07) is 9.92. The van der Waals surface area contributed by atoms with E-state index in [1.54, 1.807) is 4.90 Å². The number of fused-ring (bicyclic) bond motifs is 2. The monoisotopic (exact) mass is 307 g/mol. The minimum absolute atomic E-state index is 0.0113. The van der Waals surface area contributed by atoms with Crippen molar-refractivity contribution >= 4 is 17.2 Å². The van der Waals surface area contributed by atoms with Gasteiger partial charge in [-0.25, -0.2) is 4.98 Å². The highest BCUT2D eigenvalue weighted by molar-refractivity contribution is 5.98. The number of ether oxygens (including phenoxy) is 1. The fourth-order valence-corrected chi connectivity index (χ4v) is 2.95. The lowest BCUT2D eigenvalue weighted by Crippen LogP contribution is -2.38. The van der Waals surface area contributed by atoms with Crippen molar-refractivity contribution in [1.82, 2.24) is 9.38 Å². The lowest BCUT2D eigenvalue weighted by molar-refractivity contribution is -0.121. The molecule has 0 aliphatic carbocycles. The minimum Gasteiger partial charge on any atom is -0.482 e. The zero-order valence-corrected chi connectivity index (χ0v) is 13.1. The maximum absolute atomic E-state index is 12.0. The third-order valence-electron chi connectivity index (χ3n) is 4.11. The number of carbonyl (C=O) groups excluding carboxylic acids is 1. The fourth-order valence-electron chi connectivity index (χ4n) is 2.95. The van der Waals surface area contributed by atoms with Crippen LogP contribution in [-0.2, 0) is 4.79 Å². The van der Waals surface area contributed by atoms with Crippen LogP contribution in [0.25, 0.3) is 16.9 Å². The van der Waals surface area contributed by atoms with E-state index < -0.39 is 0 Å². The van der Waals surface area contributed by atoms with Gasteiger partial charge in [0.2, 0.25) is 0 Å². The smallest absolute Gasteiger partial charge is 0.265 e. The standard InChI is InChI=1S/C18H17N3O2/c1-3-21-15-8-13(5-6-16(15)23-11-18(21)22)14-10-20-9-12(2)4-7-17(20)19-14/h4-10H,3,11H2,1-2H3. The van der Waals surface area contributed by atoms with E-state index >= 15 is 0 Å². The number of hydrogen-bond acceptors (Lipinski definition) is 3. The highest BCUT2D eigenvalue weighted by atomic mass is 16.5. The van der Waals surface area contributed by atoms with E-state index in [-0.39, 0.29) is 12.5 Å². The molecule has 0 saturated carbocycles. The van der Waals surface area contributed by atoms with Crippen LogP contribution in [0.2, 0.25) is 0 Å². The number of rotatable bonds is 2. The van der Waals surface area contributed by atoms with Crippen molar-refractivity contribution in [3.8, 4) is 17.0 Å². The second-order valence-corrected chi connectivity index (χ2v) is 5.71. The van der Waals surface area contributed by atoms with Gasteiger partial charge in [0.05, 0.1) is 11.4 Å². The molecule has 0 unspecified atom stereocenters. The third kappa shape index (κ3) is 2.25. The quantitative estimate of drug-likeness (QED) is 0.731. The van der Waals surface area contributed by atoms with E-state index in [0.717, 1.165) is 28.3 Å². The fraction of sp³-hybridized carbons (Fsp3) is 0.222. The third-order valence-corrected chi connectivity index (χ3v) is 4.11. The summed E-state index contributed by atoms with van der Waals surface area (Å²) in [6.45, 7) is 4.75. The molecule has 3 aromatic rings. The van der Waals surface area contributed by atoms with E-state index in [1.807, 2.05) is 47.9 Å². The highest BCUT2D eigenvalue weighted by Gasteiger charge is 2.24. The van der Waals surface area contributed by atoms with Crippen LogP contribution >= 0.6 is 0 Å². The first-order valence-corrected chi connectivity index (χ1v) is 7.68. The molecule has 23 heavy (non-hydrogen) atoms. The molecule has 1 aliphatic heterocycles. The zero-order chi connectivity index (χ0) is 16.0. The van der Waals surface area contributed by atoms with Gasteiger partial charge < -0.3 is 14.0 Å². The molecule has 0 bridgehead atoms. The van der Waals surface area contributed by atoms with Crippen LogP contribution in [0, 0.1) is 6.92 Å². The van der Waals surface area contributed by atoms with E-state index in [1.165, 1.54) is 5.56 Å². The first-order valence-electron chi connectivity index (χ1n) is 7.68. The Bertz CT molecular complexity index is 914. The van der Waals surface area contributed by atoms with Gasteiger partial charge in [0.25, 0.3) is 5.91 Å². The number of carbonyl (C=O) groups is 1. The Morgan fingerprint density at radius 1 is 1.22 bits per heavy atom. The highest BCUT2D eigenvalue weighted by Crippen LogP contribution is 2.35. The number of benzene rings is 1. The molecule has 4 rings (SSSR count). The van der Waals surface area contributed by atoms with Gasteiger partial charge in [-0.1, -0.05) is 6.07 Å². The van der Waals surface area contributed by atoms with Crippen molar-refractivity contribution in [2.45, 2.75) is 13.8 Å². The Kier molecular flexibility index (Phi) is 3.08. The van der Waals surface area contributed by atoms with Crippen LogP contribution < -0.4 is 9.64 Å². The summed E-state index contributed by atoms with van der Waals surface area (Å²) in [5, 5.41) is 0. The summed E-state index contributed by atoms with van der Waals surface area (Å²) in [6.07, 6.45) is 4.06. The molecule has 5 heteroatoms. The average Bonchev–Trinajstić information content (AvgIpc) is 2.97. The molecule has 1 amide bonds. The Hall–Kier alpha value is -2.82. The topological polar surface area (TPSA) is 46.8 Å². The summed E-state index contributed by atoms with van der Waals surface area (Å²) in [5.74, 6) is 0.734. The molecule has 1 aromatic carbocycles. The molecular weight excluding hydrogens is 290 g/mol. The maximum Gasteiger partial charge on any atom is 0.265 e. The summed E-state index contributed by atoms with van der Waals surface area (Å²) >= 11 is 0. The van der Waals surface area contributed by atoms with E-state index in [2.05, 4.69) is 18.1 Å². The number of aryl methyl sites for hydroxylation is 1. The van der Waals surface area contributed by atoms with Crippen molar-refractivity contribution in [3.05, 3.63) is 48.3 Å². The van der Waals surface area contributed by atoms with Crippen molar-refractivity contribution in [1.29, 1.82) is 0 Å². The van der Waals surface area contributed by atoms with Gasteiger partial charge in [0, 0.05) is 24.5 Å². The van der Waals surface area contributed by atoms with Crippen LogP contribution in [0.5, 0.6) is 5.75 Å². The van der Waals surface area contributed by atoms with Crippen molar-refractivity contribution in [3.63, 3.8) is 0 Å². The predicted octanol–water partition coefficient (Wildman–Crippen LogP) is 3.06. The molecular formula is C18H17N3O2. The number of imidazole rings is 1. The van der Waals surface area contributed by atoms with E-state index in [9.17, 15) is 4.79 Å². The number of hydrogen-bond donors (Lipinski definition) is 0.